The van der Waals surface area contributed by atoms with Crippen LogP contribution in [0.5, 0.6) is 5.75 Å². The number of carbonyl (C=O) groups excluding carboxylic acids is 3. The Hall–Kier alpha value is -2.57. The van der Waals surface area contributed by atoms with Crippen molar-refractivity contribution >= 4 is 17.8 Å². The van der Waals surface area contributed by atoms with E-state index in [2.05, 4.69) is 5.32 Å². The number of amides is 1. The van der Waals surface area contributed by atoms with E-state index >= 15 is 0 Å². The first-order valence-electron chi connectivity index (χ1n) is 8.28. The summed E-state index contributed by atoms with van der Waals surface area (Å²) in [6, 6.07) is 7.48. The molecule has 1 amide bonds. The third-order valence-corrected chi connectivity index (χ3v) is 3.15. The van der Waals surface area contributed by atoms with Crippen LogP contribution < -0.4 is 10.1 Å². The van der Waals surface area contributed by atoms with Gasteiger partial charge in [0.25, 0.3) is 5.91 Å². The SMILES string of the molecule is CCOC(=O)CCCNC(=O)COC(=O)CCOc1ccc(C)cc1. The van der Waals surface area contributed by atoms with Gasteiger partial charge in [-0.3, -0.25) is 14.4 Å². The molecule has 0 saturated carbocycles. The van der Waals surface area contributed by atoms with Crippen LogP contribution in [0.1, 0.15) is 31.7 Å². The second-order valence-corrected chi connectivity index (χ2v) is 5.33. The molecule has 0 radical (unpaired) electrons. The van der Waals surface area contributed by atoms with Gasteiger partial charge in [-0.15, -0.1) is 0 Å². The van der Waals surface area contributed by atoms with Crippen molar-refractivity contribution in [3.05, 3.63) is 29.8 Å². The summed E-state index contributed by atoms with van der Waals surface area (Å²) in [5.41, 5.74) is 1.13. The number of ether oxygens (including phenoxy) is 3. The average molecular weight is 351 g/mol. The number of esters is 2. The minimum absolute atomic E-state index is 0.0595. The molecule has 1 aromatic rings. The molecular weight excluding hydrogens is 326 g/mol. The lowest BCUT2D eigenvalue weighted by Crippen LogP contribution is -2.30. The van der Waals surface area contributed by atoms with E-state index in [1.54, 1.807) is 6.92 Å². The van der Waals surface area contributed by atoms with Gasteiger partial charge < -0.3 is 19.5 Å². The first-order valence-corrected chi connectivity index (χ1v) is 8.28. The smallest absolute Gasteiger partial charge is 0.309 e. The quantitative estimate of drug-likeness (QED) is 0.483. The summed E-state index contributed by atoms with van der Waals surface area (Å²) in [7, 11) is 0. The van der Waals surface area contributed by atoms with Crippen LogP contribution in [-0.4, -0.2) is 44.2 Å². The standard InChI is InChI=1S/C18H25NO6/c1-3-23-17(21)5-4-11-19-16(20)13-25-18(22)10-12-24-15-8-6-14(2)7-9-15/h6-9H,3-5,10-13H2,1-2H3,(H,19,20). The minimum Gasteiger partial charge on any atom is -0.493 e. The van der Waals surface area contributed by atoms with Crippen molar-refractivity contribution in [1.82, 2.24) is 5.32 Å². The van der Waals surface area contributed by atoms with Crippen LogP contribution in [0, 0.1) is 6.92 Å². The molecule has 0 saturated heterocycles. The molecule has 0 spiro atoms. The van der Waals surface area contributed by atoms with E-state index in [0.717, 1.165) is 5.56 Å². The van der Waals surface area contributed by atoms with Gasteiger partial charge >= 0.3 is 11.9 Å². The zero-order chi connectivity index (χ0) is 18.5. The lowest BCUT2D eigenvalue weighted by atomic mass is 10.2. The second-order valence-electron chi connectivity index (χ2n) is 5.33. The summed E-state index contributed by atoms with van der Waals surface area (Å²) < 4.78 is 15.0. The maximum absolute atomic E-state index is 11.5. The van der Waals surface area contributed by atoms with Crippen molar-refractivity contribution < 1.29 is 28.6 Å². The van der Waals surface area contributed by atoms with Crippen molar-refractivity contribution in [3.8, 4) is 5.75 Å². The van der Waals surface area contributed by atoms with E-state index in [1.165, 1.54) is 0 Å². The molecule has 0 unspecified atom stereocenters. The summed E-state index contributed by atoms with van der Waals surface area (Å²) in [5.74, 6) is -0.528. The van der Waals surface area contributed by atoms with Gasteiger partial charge in [0.05, 0.1) is 19.6 Å². The highest BCUT2D eigenvalue weighted by atomic mass is 16.5. The van der Waals surface area contributed by atoms with E-state index in [-0.39, 0.29) is 32.0 Å². The van der Waals surface area contributed by atoms with Gasteiger partial charge in [0.15, 0.2) is 6.61 Å². The van der Waals surface area contributed by atoms with Gasteiger partial charge in [0, 0.05) is 13.0 Å². The number of nitrogens with one attached hydrogen (secondary N) is 1. The molecule has 0 atom stereocenters. The van der Waals surface area contributed by atoms with Crippen molar-refractivity contribution in [2.75, 3.05) is 26.4 Å². The maximum atomic E-state index is 11.5. The molecule has 25 heavy (non-hydrogen) atoms. The summed E-state index contributed by atoms with van der Waals surface area (Å²) in [4.78, 5) is 34.2. The predicted octanol–water partition coefficient (Wildman–Crippen LogP) is 1.77. The van der Waals surface area contributed by atoms with Crippen LogP contribution in [0.4, 0.5) is 0 Å². The van der Waals surface area contributed by atoms with E-state index < -0.39 is 11.9 Å². The molecule has 1 rings (SSSR count). The molecule has 0 bridgehead atoms. The molecule has 0 aliphatic carbocycles. The van der Waals surface area contributed by atoms with Crippen LogP contribution in [0.25, 0.3) is 0 Å². The highest BCUT2D eigenvalue weighted by Crippen LogP contribution is 2.11. The largest absolute Gasteiger partial charge is 0.493 e. The molecule has 138 valence electrons. The summed E-state index contributed by atoms with van der Waals surface area (Å²) in [5, 5.41) is 2.57. The Labute approximate surface area is 147 Å². The van der Waals surface area contributed by atoms with Crippen molar-refractivity contribution in [2.24, 2.45) is 0 Å². The Balaban J connectivity index is 2.05. The number of benzene rings is 1. The first kappa shape index (κ1) is 20.5. The van der Waals surface area contributed by atoms with Gasteiger partial charge in [-0.2, -0.15) is 0 Å². The molecule has 0 aliphatic rings. The third kappa shape index (κ3) is 10.0. The van der Waals surface area contributed by atoms with Crippen LogP contribution in [0.3, 0.4) is 0 Å². The maximum Gasteiger partial charge on any atom is 0.309 e. The molecule has 7 heteroatoms. The Kier molecular flexibility index (Phi) is 9.74. The number of hydrogen-bond acceptors (Lipinski definition) is 6. The number of carbonyl (C=O) groups is 3. The molecule has 0 fully saturated rings. The highest BCUT2D eigenvalue weighted by molar-refractivity contribution is 5.80. The predicted molar refractivity (Wildman–Crippen MR) is 91.1 cm³/mol. The van der Waals surface area contributed by atoms with Crippen LogP contribution >= 0.6 is 0 Å². The Morgan fingerprint density at radius 2 is 1.68 bits per heavy atom. The van der Waals surface area contributed by atoms with E-state index in [9.17, 15) is 14.4 Å². The van der Waals surface area contributed by atoms with Crippen molar-refractivity contribution in [2.45, 2.75) is 33.1 Å². The van der Waals surface area contributed by atoms with Crippen molar-refractivity contribution in [1.29, 1.82) is 0 Å². The second kappa shape index (κ2) is 11.9. The van der Waals surface area contributed by atoms with Crippen molar-refractivity contribution in [3.63, 3.8) is 0 Å². The molecule has 0 heterocycles. The highest BCUT2D eigenvalue weighted by Gasteiger charge is 2.08. The third-order valence-electron chi connectivity index (χ3n) is 3.15. The molecular formula is C18H25NO6. The van der Waals surface area contributed by atoms with E-state index in [4.69, 9.17) is 14.2 Å². The average Bonchev–Trinajstić information content (AvgIpc) is 2.59. The van der Waals surface area contributed by atoms with Gasteiger partial charge in [-0.25, -0.2) is 0 Å². The lowest BCUT2D eigenvalue weighted by Gasteiger charge is -2.08. The molecule has 1 aromatic carbocycles. The van der Waals surface area contributed by atoms with Crippen LogP contribution in [0.15, 0.2) is 24.3 Å². The molecule has 0 aromatic heterocycles. The van der Waals surface area contributed by atoms with Crippen LogP contribution in [0.2, 0.25) is 0 Å². The van der Waals surface area contributed by atoms with E-state index in [0.29, 0.717) is 25.3 Å². The van der Waals surface area contributed by atoms with Gasteiger partial charge in [-0.1, -0.05) is 17.7 Å². The number of hydrogen-bond donors (Lipinski definition) is 1. The monoisotopic (exact) mass is 351 g/mol. The molecule has 1 N–H and O–H groups in total. The topological polar surface area (TPSA) is 90.9 Å². The zero-order valence-electron chi connectivity index (χ0n) is 14.7. The first-order chi connectivity index (χ1) is 12.0. The summed E-state index contributed by atoms with van der Waals surface area (Å²) >= 11 is 0. The van der Waals surface area contributed by atoms with Gasteiger partial charge in [0.1, 0.15) is 5.75 Å². The lowest BCUT2D eigenvalue weighted by molar-refractivity contribution is -0.149. The Morgan fingerprint density at radius 1 is 1.00 bits per heavy atom. The fraction of sp³-hybridized carbons (Fsp3) is 0.500. The number of aryl methyl sites for hydroxylation is 1. The van der Waals surface area contributed by atoms with E-state index in [1.807, 2.05) is 31.2 Å². The normalized spacial score (nSPS) is 10.0. The Bertz CT molecular complexity index is 555. The number of rotatable bonds is 11. The van der Waals surface area contributed by atoms with Gasteiger partial charge in [-0.05, 0) is 32.4 Å². The molecule has 7 nitrogen and oxygen atoms in total. The fourth-order valence-corrected chi connectivity index (χ4v) is 1.85. The molecule has 0 aliphatic heterocycles. The zero-order valence-corrected chi connectivity index (χ0v) is 14.7. The van der Waals surface area contributed by atoms with Gasteiger partial charge in [0.2, 0.25) is 0 Å². The Morgan fingerprint density at radius 3 is 2.36 bits per heavy atom. The minimum atomic E-state index is -0.506. The summed E-state index contributed by atoms with van der Waals surface area (Å²) in [6.07, 6.45) is 0.775. The fourth-order valence-electron chi connectivity index (χ4n) is 1.85. The summed E-state index contributed by atoms with van der Waals surface area (Å²) in [6.45, 7) is 4.22. The van der Waals surface area contributed by atoms with Crippen LogP contribution in [-0.2, 0) is 23.9 Å².